The van der Waals surface area contributed by atoms with Crippen LogP contribution in [0.2, 0.25) is 10.0 Å². The normalized spacial score (nSPS) is 10.4. The maximum absolute atomic E-state index is 12.9. The third kappa shape index (κ3) is 4.34. The zero-order valence-electron chi connectivity index (χ0n) is 14.1. The van der Waals surface area contributed by atoms with Crippen molar-refractivity contribution >= 4 is 46.2 Å². The van der Waals surface area contributed by atoms with Gasteiger partial charge >= 0.3 is 0 Å². The Balaban J connectivity index is 1.85. The molecule has 0 aliphatic heterocycles. The van der Waals surface area contributed by atoms with Gasteiger partial charge in [-0.3, -0.25) is 9.78 Å². The minimum atomic E-state index is -0.112. The molecular weight excluding hydrogens is 369 g/mol. The molecule has 0 radical (unpaired) electrons. The lowest BCUT2D eigenvalue weighted by Gasteiger charge is -2.21. The lowest BCUT2D eigenvalue weighted by Crippen LogP contribution is -2.30. The summed E-state index contributed by atoms with van der Waals surface area (Å²) in [6, 6.07) is 16.5. The Bertz CT molecular complexity index is 896. The van der Waals surface area contributed by atoms with Crippen molar-refractivity contribution < 1.29 is 4.79 Å². The molecule has 1 heterocycles. The second-order valence-electron chi connectivity index (χ2n) is 5.63. The SMILES string of the molecule is CCN(C(=O)c1cncc(Nc2cc(Cl)cc(Cl)c2)c1)c1ccccc1. The highest BCUT2D eigenvalue weighted by Gasteiger charge is 2.16. The number of pyridine rings is 1. The molecule has 1 aromatic heterocycles. The van der Waals surface area contributed by atoms with E-state index in [0.717, 1.165) is 11.4 Å². The number of anilines is 3. The molecule has 4 nitrogen and oxygen atoms in total. The molecule has 3 aromatic rings. The number of nitrogens with zero attached hydrogens (tertiary/aromatic N) is 2. The Kier molecular flexibility index (Phi) is 5.76. The predicted octanol–water partition coefficient (Wildman–Crippen LogP) is 5.80. The van der Waals surface area contributed by atoms with E-state index in [2.05, 4.69) is 10.3 Å². The molecule has 26 heavy (non-hydrogen) atoms. The topological polar surface area (TPSA) is 45.2 Å². The van der Waals surface area contributed by atoms with Crippen LogP contribution in [0.25, 0.3) is 0 Å². The van der Waals surface area contributed by atoms with Crippen molar-refractivity contribution in [1.82, 2.24) is 4.98 Å². The summed E-state index contributed by atoms with van der Waals surface area (Å²) in [5.41, 5.74) is 2.75. The first kappa shape index (κ1) is 18.2. The molecule has 1 N–H and O–H groups in total. The van der Waals surface area contributed by atoms with Crippen LogP contribution in [0.4, 0.5) is 17.1 Å². The van der Waals surface area contributed by atoms with Gasteiger partial charge < -0.3 is 10.2 Å². The van der Waals surface area contributed by atoms with E-state index in [4.69, 9.17) is 23.2 Å². The molecule has 132 valence electrons. The van der Waals surface area contributed by atoms with Crippen LogP contribution >= 0.6 is 23.2 Å². The highest BCUT2D eigenvalue weighted by atomic mass is 35.5. The Morgan fingerprint density at radius 1 is 1.00 bits per heavy atom. The van der Waals surface area contributed by atoms with Crippen molar-refractivity contribution in [3.63, 3.8) is 0 Å². The molecule has 0 saturated heterocycles. The van der Waals surface area contributed by atoms with Crippen molar-refractivity contribution in [3.05, 3.63) is 82.6 Å². The van der Waals surface area contributed by atoms with Crippen molar-refractivity contribution in [2.75, 3.05) is 16.8 Å². The maximum atomic E-state index is 12.9. The Hall–Kier alpha value is -2.56. The van der Waals surface area contributed by atoms with E-state index in [-0.39, 0.29) is 5.91 Å². The number of hydrogen-bond acceptors (Lipinski definition) is 3. The first-order chi connectivity index (χ1) is 12.6. The van der Waals surface area contributed by atoms with Crippen molar-refractivity contribution in [2.24, 2.45) is 0 Å². The number of nitrogens with one attached hydrogen (secondary N) is 1. The number of aromatic nitrogens is 1. The van der Waals surface area contributed by atoms with Gasteiger partial charge in [0.2, 0.25) is 0 Å². The van der Waals surface area contributed by atoms with Gasteiger partial charge in [0.1, 0.15) is 0 Å². The van der Waals surface area contributed by atoms with Crippen LogP contribution in [-0.4, -0.2) is 17.4 Å². The standard InChI is InChI=1S/C20H17Cl2N3O/c1-2-25(19-6-4-3-5-7-19)20(26)14-8-18(13-23-12-14)24-17-10-15(21)9-16(22)11-17/h3-13,24H,2H2,1H3. The molecule has 0 spiro atoms. The third-order valence-electron chi connectivity index (χ3n) is 3.77. The minimum Gasteiger partial charge on any atom is -0.354 e. The van der Waals surface area contributed by atoms with Gasteiger partial charge in [-0.15, -0.1) is 0 Å². The summed E-state index contributed by atoms with van der Waals surface area (Å²) in [6.07, 6.45) is 3.20. The highest BCUT2D eigenvalue weighted by molar-refractivity contribution is 6.35. The molecule has 0 unspecified atom stereocenters. The zero-order valence-corrected chi connectivity index (χ0v) is 15.6. The Labute approximate surface area is 162 Å². The number of halogens is 2. The second kappa shape index (κ2) is 8.21. The number of benzene rings is 2. The average molecular weight is 386 g/mol. The van der Waals surface area contributed by atoms with Crippen molar-refractivity contribution in [3.8, 4) is 0 Å². The summed E-state index contributed by atoms with van der Waals surface area (Å²) in [4.78, 5) is 18.8. The largest absolute Gasteiger partial charge is 0.354 e. The van der Waals surface area contributed by atoms with E-state index in [0.29, 0.717) is 27.8 Å². The van der Waals surface area contributed by atoms with E-state index in [9.17, 15) is 4.79 Å². The van der Waals surface area contributed by atoms with Crippen LogP contribution in [0, 0.1) is 0 Å². The van der Waals surface area contributed by atoms with Crippen LogP contribution in [-0.2, 0) is 0 Å². The summed E-state index contributed by atoms with van der Waals surface area (Å²) in [6.45, 7) is 2.50. The van der Waals surface area contributed by atoms with Gasteiger partial charge in [0.15, 0.2) is 0 Å². The smallest absolute Gasteiger partial charge is 0.259 e. The van der Waals surface area contributed by atoms with Crippen LogP contribution in [0.5, 0.6) is 0 Å². The quantitative estimate of drug-likeness (QED) is 0.603. The summed E-state index contributed by atoms with van der Waals surface area (Å²) >= 11 is 12.1. The monoisotopic (exact) mass is 385 g/mol. The van der Waals surface area contributed by atoms with E-state index in [1.165, 1.54) is 0 Å². The number of carbonyl (C=O) groups is 1. The molecule has 0 bridgehead atoms. The predicted molar refractivity (Wildman–Crippen MR) is 108 cm³/mol. The van der Waals surface area contributed by atoms with Gasteiger partial charge in [-0.2, -0.15) is 0 Å². The van der Waals surface area contributed by atoms with E-state index >= 15 is 0 Å². The first-order valence-electron chi connectivity index (χ1n) is 8.12. The Morgan fingerprint density at radius 3 is 2.35 bits per heavy atom. The third-order valence-corrected chi connectivity index (χ3v) is 4.20. The molecule has 0 saturated carbocycles. The molecule has 6 heteroatoms. The molecule has 3 rings (SSSR count). The average Bonchev–Trinajstić information content (AvgIpc) is 2.62. The molecule has 0 fully saturated rings. The number of rotatable bonds is 5. The molecular formula is C20H17Cl2N3O. The van der Waals surface area contributed by atoms with Gasteiger partial charge in [-0.25, -0.2) is 0 Å². The van der Waals surface area contributed by atoms with Gasteiger partial charge in [-0.1, -0.05) is 41.4 Å². The molecule has 0 aliphatic carbocycles. The maximum Gasteiger partial charge on any atom is 0.259 e. The van der Waals surface area contributed by atoms with Crippen molar-refractivity contribution in [2.45, 2.75) is 6.92 Å². The van der Waals surface area contributed by atoms with E-state index in [1.807, 2.05) is 37.3 Å². The summed E-state index contributed by atoms with van der Waals surface area (Å²) < 4.78 is 0. The van der Waals surface area contributed by atoms with Crippen LogP contribution in [0.3, 0.4) is 0 Å². The molecule has 0 aliphatic rings. The molecule has 2 aromatic carbocycles. The number of carbonyl (C=O) groups excluding carboxylic acids is 1. The zero-order chi connectivity index (χ0) is 18.5. The van der Waals surface area contributed by atoms with Crippen molar-refractivity contribution in [1.29, 1.82) is 0 Å². The van der Waals surface area contributed by atoms with Gasteiger partial charge in [0.05, 0.1) is 17.4 Å². The Morgan fingerprint density at radius 2 is 1.69 bits per heavy atom. The lowest BCUT2D eigenvalue weighted by molar-refractivity contribution is 0.0988. The number of para-hydroxylation sites is 1. The first-order valence-corrected chi connectivity index (χ1v) is 8.87. The summed E-state index contributed by atoms with van der Waals surface area (Å²) in [5, 5.41) is 4.23. The fourth-order valence-corrected chi connectivity index (χ4v) is 3.15. The second-order valence-corrected chi connectivity index (χ2v) is 6.50. The fourth-order valence-electron chi connectivity index (χ4n) is 2.63. The molecule has 0 atom stereocenters. The minimum absolute atomic E-state index is 0.112. The van der Waals surface area contributed by atoms with Crippen LogP contribution in [0.1, 0.15) is 17.3 Å². The highest BCUT2D eigenvalue weighted by Crippen LogP contribution is 2.26. The van der Waals surface area contributed by atoms with Gasteiger partial charge in [-0.05, 0) is 43.3 Å². The van der Waals surface area contributed by atoms with E-state index < -0.39 is 0 Å². The lowest BCUT2D eigenvalue weighted by atomic mass is 10.2. The van der Waals surface area contributed by atoms with Gasteiger partial charge in [0, 0.05) is 34.2 Å². The number of hydrogen-bond donors (Lipinski definition) is 1. The van der Waals surface area contributed by atoms with Crippen LogP contribution in [0.15, 0.2) is 67.0 Å². The molecule has 1 amide bonds. The van der Waals surface area contributed by atoms with Gasteiger partial charge in [0.25, 0.3) is 5.91 Å². The summed E-state index contributed by atoms with van der Waals surface area (Å²) in [7, 11) is 0. The number of amides is 1. The van der Waals surface area contributed by atoms with E-state index in [1.54, 1.807) is 41.6 Å². The van der Waals surface area contributed by atoms with Crippen LogP contribution < -0.4 is 10.2 Å². The summed E-state index contributed by atoms with van der Waals surface area (Å²) in [5.74, 6) is -0.112. The fraction of sp³-hybridized carbons (Fsp3) is 0.100.